The van der Waals surface area contributed by atoms with Crippen molar-refractivity contribution in [3.05, 3.63) is 70.8 Å². The molecule has 158 valence electrons. The Morgan fingerprint density at radius 1 is 1.07 bits per heavy atom. The summed E-state index contributed by atoms with van der Waals surface area (Å²) in [5, 5.41) is 16.6. The largest absolute Gasteiger partial charge is 0.483 e. The standard InChI is InChI=1S/C20H22F3NO2.CH2O2/c1-4-24(13-15-7-5-14(2)6-8-15)18(25)16-9-11-17(12-10-16)19(3,26)20(21,22)23;2-1-3/h5-12,26H,4,13H2,1-3H3;1H,(H,2,3). The Kier molecular flexibility index (Phi) is 8.39. The van der Waals surface area contributed by atoms with Crippen LogP contribution in [0.2, 0.25) is 0 Å². The number of nitrogens with zero attached hydrogens (tertiary/aromatic N) is 1. The molecule has 2 aromatic rings. The molecule has 0 saturated carbocycles. The summed E-state index contributed by atoms with van der Waals surface area (Å²) in [6.07, 6.45) is -4.79. The Balaban J connectivity index is 0.00000132. The third-order valence-electron chi connectivity index (χ3n) is 4.41. The van der Waals surface area contributed by atoms with Crippen LogP contribution in [0.15, 0.2) is 48.5 Å². The molecule has 0 radical (unpaired) electrons. The summed E-state index contributed by atoms with van der Waals surface area (Å²) < 4.78 is 38.7. The molecule has 2 aromatic carbocycles. The molecule has 0 spiro atoms. The van der Waals surface area contributed by atoms with Gasteiger partial charge in [0.2, 0.25) is 0 Å². The summed E-state index contributed by atoms with van der Waals surface area (Å²) >= 11 is 0. The molecule has 0 aromatic heterocycles. The first-order valence-electron chi connectivity index (χ1n) is 8.80. The van der Waals surface area contributed by atoms with Gasteiger partial charge in [0.25, 0.3) is 12.4 Å². The molecule has 29 heavy (non-hydrogen) atoms. The van der Waals surface area contributed by atoms with Crippen molar-refractivity contribution in [2.75, 3.05) is 6.54 Å². The molecule has 0 fully saturated rings. The number of aryl methyl sites for hydroxylation is 1. The van der Waals surface area contributed by atoms with Gasteiger partial charge in [0.1, 0.15) is 0 Å². The molecule has 0 aliphatic carbocycles. The van der Waals surface area contributed by atoms with E-state index in [2.05, 4.69) is 0 Å². The molecule has 1 unspecified atom stereocenters. The highest BCUT2D eigenvalue weighted by atomic mass is 19.4. The first-order valence-corrected chi connectivity index (χ1v) is 8.80. The van der Waals surface area contributed by atoms with Crippen LogP contribution in [0.3, 0.4) is 0 Å². The van der Waals surface area contributed by atoms with E-state index >= 15 is 0 Å². The SMILES string of the molecule is CCN(Cc1ccc(C)cc1)C(=O)c1ccc(C(C)(O)C(F)(F)F)cc1.O=CO. The van der Waals surface area contributed by atoms with Crippen LogP contribution in [0, 0.1) is 6.92 Å². The molecule has 1 amide bonds. The van der Waals surface area contributed by atoms with Crippen LogP contribution in [-0.4, -0.2) is 40.2 Å². The molecule has 1 atom stereocenters. The lowest BCUT2D eigenvalue weighted by Gasteiger charge is -2.27. The summed E-state index contributed by atoms with van der Waals surface area (Å²) in [4.78, 5) is 22.6. The van der Waals surface area contributed by atoms with Gasteiger partial charge in [-0.05, 0) is 44.0 Å². The van der Waals surface area contributed by atoms with Gasteiger partial charge in [0.15, 0.2) is 5.60 Å². The lowest BCUT2D eigenvalue weighted by Crippen LogP contribution is -2.39. The van der Waals surface area contributed by atoms with Crippen LogP contribution < -0.4 is 0 Å². The van der Waals surface area contributed by atoms with E-state index in [1.807, 2.05) is 38.1 Å². The molecular weight excluding hydrogens is 387 g/mol. The zero-order valence-electron chi connectivity index (χ0n) is 16.4. The number of carbonyl (C=O) groups is 2. The molecule has 5 nitrogen and oxygen atoms in total. The molecule has 0 saturated heterocycles. The van der Waals surface area contributed by atoms with Crippen LogP contribution >= 0.6 is 0 Å². The highest BCUT2D eigenvalue weighted by molar-refractivity contribution is 5.94. The topological polar surface area (TPSA) is 77.8 Å². The van der Waals surface area contributed by atoms with E-state index in [0.29, 0.717) is 20.0 Å². The summed E-state index contributed by atoms with van der Waals surface area (Å²) in [6.45, 7) is 5.14. The number of aliphatic hydroxyl groups is 1. The van der Waals surface area contributed by atoms with Gasteiger partial charge in [-0.25, -0.2) is 0 Å². The van der Waals surface area contributed by atoms with Crippen LogP contribution in [0.5, 0.6) is 0 Å². The maximum absolute atomic E-state index is 12.9. The minimum atomic E-state index is -4.79. The van der Waals surface area contributed by atoms with E-state index in [1.54, 1.807) is 4.90 Å². The molecule has 2 rings (SSSR count). The lowest BCUT2D eigenvalue weighted by atomic mass is 9.94. The minimum Gasteiger partial charge on any atom is -0.483 e. The summed E-state index contributed by atoms with van der Waals surface area (Å²) in [6, 6.07) is 12.7. The molecule has 0 heterocycles. The first kappa shape index (κ1) is 24.2. The molecule has 8 heteroatoms. The van der Waals surface area contributed by atoms with Gasteiger partial charge in [-0.3, -0.25) is 9.59 Å². The Morgan fingerprint density at radius 3 is 1.97 bits per heavy atom. The average Bonchev–Trinajstić information content (AvgIpc) is 2.67. The van der Waals surface area contributed by atoms with Crippen molar-refractivity contribution in [2.45, 2.75) is 39.1 Å². The fraction of sp³-hybridized carbons (Fsp3) is 0.333. The summed E-state index contributed by atoms with van der Waals surface area (Å²) in [7, 11) is 0. The van der Waals surface area contributed by atoms with Crippen molar-refractivity contribution in [1.29, 1.82) is 0 Å². The molecule has 0 aliphatic rings. The smallest absolute Gasteiger partial charge is 0.421 e. The highest BCUT2D eigenvalue weighted by Crippen LogP contribution is 2.38. The second-order valence-electron chi connectivity index (χ2n) is 6.56. The Labute approximate surface area is 167 Å². The van der Waals surface area contributed by atoms with Gasteiger partial charge in [0, 0.05) is 18.7 Å². The van der Waals surface area contributed by atoms with E-state index < -0.39 is 11.8 Å². The number of hydrogen-bond acceptors (Lipinski definition) is 3. The molecular formula is C21H24F3NO4. The van der Waals surface area contributed by atoms with Crippen LogP contribution in [0.4, 0.5) is 13.2 Å². The van der Waals surface area contributed by atoms with Crippen molar-refractivity contribution in [3.8, 4) is 0 Å². The summed E-state index contributed by atoms with van der Waals surface area (Å²) in [5.74, 6) is -0.272. The van der Waals surface area contributed by atoms with Gasteiger partial charge in [-0.1, -0.05) is 42.0 Å². The number of alkyl halides is 3. The van der Waals surface area contributed by atoms with Gasteiger partial charge >= 0.3 is 6.18 Å². The van der Waals surface area contributed by atoms with Crippen molar-refractivity contribution in [3.63, 3.8) is 0 Å². The van der Waals surface area contributed by atoms with E-state index in [1.165, 1.54) is 12.1 Å². The summed E-state index contributed by atoms with van der Waals surface area (Å²) in [5.41, 5.74) is -0.886. The number of amides is 1. The number of halogens is 3. The maximum atomic E-state index is 12.9. The molecule has 0 bridgehead atoms. The van der Waals surface area contributed by atoms with Crippen molar-refractivity contribution in [1.82, 2.24) is 4.90 Å². The van der Waals surface area contributed by atoms with Crippen molar-refractivity contribution >= 4 is 12.4 Å². The number of hydrogen-bond donors (Lipinski definition) is 2. The van der Waals surface area contributed by atoms with Crippen LogP contribution in [0.25, 0.3) is 0 Å². The van der Waals surface area contributed by atoms with Gasteiger partial charge in [0.05, 0.1) is 0 Å². The Bertz CT molecular complexity index is 800. The second kappa shape index (κ2) is 10.1. The third-order valence-corrected chi connectivity index (χ3v) is 4.41. The van der Waals surface area contributed by atoms with Crippen molar-refractivity contribution in [2.24, 2.45) is 0 Å². The number of benzene rings is 2. The third kappa shape index (κ3) is 6.32. The van der Waals surface area contributed by atoms with E-state index in [0.717, 1.165) is 23.3 Å². The minimum absolute atomic E-state index is 0.250. The Morgan fingerprint density at radius 2 is 1.55 bits per heavy atom. The molecule has 2 N–H and O–H groups in total. The fourth-order valence-corrected chi connectivity index (χ4v) is 2.52. The van der Waals surface area contributed by atoms with Crippen molar-refractivity contribution < 1.29 is 33.0 Å². The van der Waals surface area contributed by atoms with Gasteiger partial charge in [-0.15, -0.1) is 0 Å². The fourth-order valence-electron chi connectivity index (χ4n) is 2.52. The Hall–Kier alpha value is -2.87. The van der Waals surface area contributed by atoms with Gasteiger partial charge in [-0.2, -0.15) is 13.2 Å². The zero-order chi connectivity index (χ0) is 22.2. The second-order valence-corrected chi connectivity index (χ2v) is 6.56. The van der Waals surface area contributed by atoms with Crippen LogP contribution in [-0.2, 0) is 16.9 Å². The number of carbonyl (C=O) groups excluding carboxylic acids is 1. The van der Waals surface area contributed by atoms with Gasteiger partial charge < -0.3 is 15.1 Å². The van der Waals surface area contributed by atoms with Crippen LogP contribution in [0.1, 0.15) is 40.9 Å². The van der Waals surface area contributed by atoms with E-state index in [-0.39, 0.29) is 23.5 Å². The molecule has 0 aliphatic heterocycles. The predicted molar refractivity (Wildman–Crippen MR) is 102 cm³/mol. The normalized spacial score (nSPS) is 12.9. The number of carboxylic acid groups (broad SMARTS) is 1. The number of rotatable bonds is 5. The maximum Gasteiger partial charge on any atom is 0.421 e. The first-order chi connectivity index (χ1) is 13.5. The highest BCUT2D eigenvalue weighted by Gasteiger charge is 2.51. The predicted octanol–water partition coefficient (Wildman–Crippen LogP) is 4.13. The average molecular weight is 411 g/mol. The zero-order valence-corrected chi connectivity index (χ0v) is 16.4. The lowest BCUT2D eigenvalue weighted by molar-refractivity contribution is -0.258. The quantitative estimate of drug-likeness (QED) is 0.726. The van der Waals surface area contributed by atoms with E-state index in [4.69, 9.17) is 9.90 Å². The monoisotopic (exact) mass is 411 g/mol. The van der Waals surface area contributed by atoms with E-state index in [9.17, 15) is 23.1 Å².